The van der Waals surface area contributed by atoms with Crippen LogP contribution in [0.5, 0.6) is 0 Å². The van der Waals surface area contributed by atoms with Gasteiger partial charge in [-0.1, -0.05) is 30.3 Å². The molecule has 13 heteroatoms. The highest BCUT2D eigenvalue weighted by Crippen LogP contribution is 2.18. The number of aliphatic carboxylic acids is 3. The maximum atomic E-state index is 12.8. The van der Waals surface area contributed by atoms with Gasteiger partial charge in [-0.05, 0) is 52.1 Å². The van der Waals surface area contributed by atoms with Crippen LogP contribution in [0.15, 0.2) is 30.3 Å². The maximum absolute atomic E-state index is 12.8. The minimum atomic E-state index is -2.71. The molecule has 2 amide bonds. The molecule has 36 heavy (non-hydrogen) atoms. The van der Waals surface area contributed by atoms with E-state index in [1.165, 1.54) is 0 Å². The molecule has 1 aromatic carbocycles. The van der Waals surface area contributed by atoms with Crippen molar-refractivity contribution in [3.05, 3.63) is 35.9 Å². The van der Waals surface area contributed by atoms with Crippen molar-refractivity contribution in [1.29, 1.82) is 0 Å². The zero-order valence-corrected chi connectivity index (χ0v) is 20.3. The molecule has 200 valence electrons. The summed E-state index contributed by atoms with van der Waals surface area (Å²) >= 11 is 0. The van der Waals surface area contributed by atoms with Crippen molar-refractivity contribution in [3.63, 3.8) is 0 Å². The number of hydrogen-bond acceptors (Lipinski definition) is 9. The van der Waals surface area contributed by atoms with E-state index in [0.717, 1.165) is 0 Å². The minimum Gasteiger partial charge on any atom is -0.481 e. The highest BCUT2D eigenvalue weighted by Gasteiger charge is 2.40. The predicted molar refractivity (Wildman–Crippen MR) is 123 cm³/mol. The Bertz CT molecular complexity index is 930. The van der Waals surface area contributed by atoms with Gasteiger partial charge in [0, 0.05) is 0 Å². The SMILES string of the molecule is CC(C)(C)OC(=O)N(C(=O)OCc1ccccc1)[C@@H](CCCCNC(O)(CC(=O)O)C(=O)O)C(=O)O. The summed E-state index contributed by atoms with van der Waals surface area (Å²) in [5.74, 6) is -4.83. The number of rotatable bonds is 13. The number of hydrogen-bond donors (Lipinski definition) is 5. The average Bonchev–Trinajstić information content (AvgIpc) is 2.75. The molecular formula is C23H32N2O11. The summed E-state index contributed by atoms with van der Waals surface area (Å²) in [5.41, 5.74) is -3.13. The Morgan fingerprint density at radius 1 is 0.972 bits per heavy atom. The van der Waals surface area contributed by atoms with Crippen molar-refractivity contribution in [3.8, 4) is 0 Å². The Morgan fingerprint density at radius 3 is 2.08 bits per heavy atom. The summed E-state index contributed by atoms with van der Waals surface area (Å²) in [4.78, 5) is 59.8. The Hall–Kier alpha value is -3.71. The lowest BCUT2D eigenvalue weighted by Gasteiger charge is -2.29. The van der Waals surface area contributed by atoms with Gasteiger partial charge in [0.25, 0.3) is 0 Å². The lowest BCUT2D eigenvalue weighted by molar-refractivity contribution is -0.169. The van der Waals surface area contributed by atoms with Crippen molar-refractivity contribution in [2.45, 2.75) is 70.4 Å². The number of nitrogens with one attached hydrogen (secondary N) is 1. The number of carbonyl (C=O) groups is 5. The first kappa shape index (κ1) is 30.3. The molecule has 0 heterocycles. The van der Waals surface area contributed by atoms with Gasteiger partial charge >= 0.3 is 30.1 Å². The first-order valence-corrected chi connectivity index (χ1v) is 11.0. The van der Waals surface area contributed by atoms with Gasteiger partial charge < -0.3 is 29.9 Å². The van der Waals surface area contributed by atoms with E-state index in [2.05, 4.69) is 5.32 Å². The van der Waals surface area contributed by atoms with Gasteiger partial charge in [-0.15, -0.1) is 0 Å². The molecule has 1 aromatic rings. The molecular weight excluding hydrogens is 480 g/mol. The van der Waals surface area contributed by atoms with Crippen LogP contribution in [0.1, 0.15) is 52.0 Å². The van der Waals surface area contributed by atoms with Crippen molar-refractivity contribution in [1.82, 2.24) is 10.2 Å². The monoisotopic (exact) mass is 512 g/mol. The van der Waals surface area contributed by atoms with E-state index < -0.39 is 53.9 Å². The fourth-order valence-electron chi connectivity index (χ4n) is 2.98. The molecule has 1 rings (SSSR count). The number of carboxylic acids is 3. The molecule has 0 saturated carbocycles. The van der Waals surface area contributed by atoms with Crippen LogP contribution in [-0.2, 0) is 30.5 Å². The zero-order valence-electron chi connectivity index (χ0n) is 20.3. The van der Waals surface area contributed by atoms with Gasteiger partial charge in [0.2, 0.25) is 5.72 Å². The number of ether oxygens (including phenoxy) is 2. The van der Waals surface area contributed by atoms with Crippen LogP contribution in [0.4, 0.5) is 9.59 Å². The van der Waals surface area contributed by atoms with Crippen LogP contribution in [0.25, 0.3) is 0 Å². The van der Waals surface area contributed by atoms with Gasteiger partial charge in [0.15, 0.2) is 0 Å². The first-order chi connectivity index (χ1) is 16.7. The van der Waals surface area contributed by atoms with Crippen molar-refractivity contribution in [2.24, 2.45) is 0 Å². The number of benzene rings is 1. The van der Waals surface area contributed by atoms with E-state index in [1.54, 1.807) is 51.1 Å². The summed E-state index contributed by atoms with van der Waals surface area (Å²) in [6, 6.07) is 6.87. The molecule has 0 aliphatic rings. The van der Waals surface area contributed by atoms with Crippen molar-refractivity contribution in [2.75, 3.05) is 6.54 Å². The average molecular weight is 513 g/mol. The van der Waals surface area contributed by atoms with Gasteiger partial charge in [0.1, 0.15) is 18.2 Å². The number of carboxylic acid groups (broad SMARTS) is 3. The number of imide groups is 1. The Balaban J connectivity index is 2.90. The van der Waals surface area contributed by atoms with E-state index in [4.69, 9.17) is 19.7 Å². The third-order valence-corrected chi connectivity index (χ3v) is 4.67. The zero-order chi connectivity index (χ0) is 27.5. The van der Waals surface area contributed by atoms with Crippen molar-refractivity contribution < 1.29 is 53.9 Å². The number of carbonyl (C=O) groups excluding carboxylic acids is 2. The fraction of sp³-hybridized carbons (Fsp3) is 0.522. The molecule has 1 unspecified atom stereocenters. The molecule has 0 saturated heterocycles. The molecule has 0 fully saturated rings. The van der Waals surface area contributed by atoms with Crippen LogP contribution >= 0.6 is 0 Å². The molecule has 0 bridgehead atoms. The molecule has 0 aliphatic carbocycles. The molecule has 0 spiro atoms. The highest BCUT2D eigenvalue weighted by molar-refractivity contribution is 5.93. The van der Waals surface area contributed by atoms with E-state index in [1.807, 2.05) is 0 Å². The van der Waals surface area contributed by atoms with Crippen molar-refractivity contribution >= 4 is 30.1 Å². The lowest BCUT2D eigenvalue weighted by Crippen LogP contribution is -2.53. The predicted octanol–water partition coefficient (Wildman–Crippen LogP) is 2.02. The quantitative estimate of drug-likeness (QED) is 0.190. The second kappa shape index (κ2) is 13.4. The van der Waals surface area contributed by atoms with Gasteiger partial charge in [0.05, 0.1) is 6.42 Å². The molecule has 2 atom stereocenters. The molecule has 0 radical (unpaired) electrons. The number of amides is 2. The van der Waals surface area contributed by atoms with E-state index in [9.17, 15) is 34.2 Å². The van der Waals surface area contributed by atoms with Gasteiger partial charge in [-0.2, -0.15) is 4.90 Å². The van der Waals surface area contributed by atoms with E-state index in [0.29, 0.717) is 10.5 Å². The third kappa shape index (κ3) is 10.3. The summed E-state index contributed by atoms with van der Waals surface area (Å²) in [7, 11) is 0. The smallest absolute Gasteiger partial charge is 0.420 e. The largest absolute Gasteiger partial charge is 0.481 e. The van der Waals surface area contributed by atoms with Crippen LogP contribution in [-0.4, -0.2) is 79.3 Å². The van der Waals surface area contributed by atoms with Gasteiger partial charge in [-0.25, -0.2) is 19.2 Å². The van der Waals surface area contributed by atoms with E-state index >= 15 is 0 Å². The standard InChI is InChI=1S/C23H32N2O11/c1-22(2,3)36-21(33)25(20(32)35-14-15-9-5-4-6-10-15)16(18(28)29)11-7-8-12-24-23(34,19(30)31)13-17(26)27/h4-6,9-10,16,24,34H,7-8,11-14H2,1-3H3,(H,26,27)(H,28,29)(H,30,31)/t16-,23?/m0/s1. The second-order valence-corrected chi connectivity index (χ2v) is 8.90. The third-order valence-electron chi connectivity index (χ3n) is 4.67. The molecule has 0 aromatic heterocycles. The fourth-order valence-corrected chi connectivity index (χ4v) is 2.98. The second-order valence-electron chi connectivity index (χ2n) is 8.90. The maximum Gasteiger partial charge on any atom is 0.420 e. The first-order valence-electron chi connectivity index (χ1n) is 11.0. The topological polar surface area (TPSA) is 200 Å². The van der Waals surface area contributed by atoms with Crippen LogP contribution in [0, 0.1) is 0 Å². The van der Waals surface area contributed by atoms with Crippen LogP contribution in [0.2, 0.25) is 0 Å². The van der Waals surface area contributed by atoms with Crippen LogP contribution in [0.3, 0.4) is 0 Å². The van der Waals surface area contributed by atoms with Gasteiger partial charge in [-0.3, -0.25) is 10.1 Å². The summed E-state index contributed by atoms with van der Waals surface area (Å²) in [5, 5.41) is 39.7. The van der Waals surface area contributed by atoms with Crippen LogP contribution < -0.4 is 5.32 Å². The highest BCUT2D eigenvalue weighted by atomic mass is 16.6. The summed E-state index contributed by atoms with van der Waals surface area (Å²) in [6.45, 7) is 4.22. The molecule has 5 N–H and O–H groups in total. The normalized spacial score (nSPS) is 13.7. The number of unbranched alkanes of at least 4 members (excludes halogenated alkanes) is 1. The molecule has 0 aliphatic heterocycles. The minimum absolute atomic E-state index is 0.0536. The number of aliphatic hydroxyl groups is 1. The van der Waals surface area contributed by atoms with E-state index in [-0.39, 0.29) is 32.4 Å². The Labute approximate surface area is 207 Å². The summed E-state index contributed by atoms with van der Waals surface area (Å²) in [6.07, 6.45) is -3.65. The number of nitrogens with zero attached hydrogens (tertiary/aromatic N) is 1. The Kier molecular flexibility index (Phi) is 11.3. The Morgan fingerprint density at radius 2 is 1.58 bits per heavy atom. The summed E-state index contributed by atoms with van der Waals surface area (Å²) < 4.78 is 10.3. The molecule has 13 nitrogen and oxygen atoms in total. The lowest BCUT2D eigenvalue weighted by atomic mass is 10.1.